The summed E-state index contributed by atoms with van der Waals surface area (Å²) in [5.41, 5.74) is 0.428. The predicted molar refractivity (Wildman–Crippen MR) is 80.6 cm³/mol. The van der Waals surface area contributed by atoms with Crippen LogP contribution in [0, 0.1) is 0 Å². The fourth-order valence-corrected chi connectivity index (χ4v) is 1.76. The van der Waals surface area contributed by atoms with Gasteiger partial charge >= 0.3 is 0 Å². The van der Waals surface area contributed by atoms with Crippen molar-refractivity contribution in [2.24, 2.45) is 7.05 Å². The second-order valence-corrected chi connectivity index (χ2v) is 4.56. The smallest absolute Gasteiger partial charge is 0.271 e. The molecule has 1 aromatic carbocycles. The van der Waals surface area contributed by atoms with Crippen molar-refractivity contribution in [1.29, 1.82) is 0 Å². The Morgan fingerprint density at radius 3 is 2.27 bits per heavy atom. The number of hydrogen-bond donors (Lipinski definition) is 2. The lowest BCUT2D eigenvalue weighted by molar-refractivity contribution is 0.0924. The molecule has 1 aromatic heterocycles. The Bertz CT molecular complexity index is 725. The van der Waals surface area contributed by atoms with Crippen LogP contribution in [0.4, 0.5) is 0 Å². The SMILES string of the molecule is Cn1nc(C(=O)NCCNC(=O)c2ccccc2)ccc1=O. The average molecular weight is 300 g/mol. The van der Waals surface area contributed by atoms with E-state index in [-0.39, 0.29) is 23.7 Å². The Morgan fingerprint density at radius 1 is 1.00 bits per heavy atom. The molecule has 2 aromatic rings. The van der Waals surface area contributed by atoms with E-state index in [2.05, 4.69) is 15.7 Å². The third-order valence-corrected chi connectivity index (χ3v) is 2.93. The molecule has 0 bridgehead atoms. The highest BCUT2D eigenvalue weighted by molar-refractivity contribution is 5.94. The van der Waals surface area contributed by atoms with Crippen molar-refractivity contribution < 1.29 is 9.59 Å². The fourth-order valence-electron chi connectivity index (χ4n) is 1.76. The number of rotatable bonds is 5. The molecular weight excluding hydrogens is 284 g/mol. The topological polar surface area (TPSA) is 93.1 Å². The van der Waals surface area contributed by atoms with Crippen LogP contribution in [0.3, 0.4) is 0 Å². The standard InChI is InChI=1S/C15H16N4O3/c1-19-13(20)8-7-12(18-19)15(22)17-10-9-16-14(21)11-5-3-2-4-6-11/h2-8H,9-10H2,1H3,(H,16,21)(H,17,22). The van der Waals surface area contributed by atoms with Crippen molar-refractivity contribution in [2.75, 3.05) is 13.1 Å². The van der Waals surface area contributed by atoms with Gasteiger partial charge in [0.15, 0.2) is 0 Å². The maximum Gasteiger partial charge on any atom is 0.271 e. The van der Waals surface area contributed by atoms with Gasteiger partial charge in [-0.2, -0.15) is 5.10 Å². The number of benzene rings is 1. The number of nitrogens with zero attached hydrogens (tertiary/aromatic N) is 2. The summed E-state index contributed by atoms with van der Waals surface area (Å²) in [4.78, 5) is 34.8. The van der Waals surface area contributed by atoms with Crippen molar-refractivity contribution in [3.05, 3.63) is 64.1 Å². The van der Waals surface area contributed by atoms with Crippen LogP contribution >= 0.6 is 0 Å². The quantitative estimate of drug-likeness (QED) is 0.757. The molecule has 0 saturated heterocycles. The first-order valence-corrected chi connectivity index (χ1v) is 6.74. The first-order valence-electron chi connectivity index (χ1n) is 6.74. The van der Waals surface area contributed by atoms with Crippen molar-refractivity contribution in [1.82, 2.24) is 20.4 Å². The highest BCUT2D eigenvalue weighted by atomic mass is 16.2. The van der Waals surface area contributed by atoms with Crippen molar-refractivity contribution in [3.63, 3.8) is 0 Å². The lowest BCUT2D eigenvalue weighted by Crippen LogP contribution is -2.35. The normalized spacial score (nSPS) is 10.0. The van der Waals surface area contributed by atoms with Crippen LogP contribution in [0.15, 0.2) is 47.3 Å². The minimum absolute atomic E-state index is 0.150. The Balaban J connectivity index is 1.79. The van der Waals surface area contributed by atoms with Crippen molar-refractivity contribution >= 4 is 11.8 Å². The van der Waals surface area contributed by atoms with Gasteiger partial charge < -0.3 is 10.6 Å². The van der Waals surface area contributed by atoms with Crippen LogP contribution in [0.25, 0.3) is 0 Å². The Morgan fingerprint density at radius 2 is 1.64 bits per heavy atom. The molecule has 0 radical (unpaired) electrons. The van der Waals surface area contributed by atoms with Gasteiger partial charge in [0.25, 0.3) is 17.4 Å². The third kappa shape index (κ3) is 4.02. The van der Waals surface area contributed by atoms with E-state index in [0.717, 1.165) is 4.68 Å². The molecule has 114 valence electrons. The first-order chi connectivity index (χ1) is 10.6. The molecule has 0 aliphatic heterocycles. The number of carbonyl (C=O) groups is 2. The van der Waals surface area contributed by atoms with E-state index >= 15 is 0 Å². The molecule has 7 nitrogen and oxygen atoms in total. The van der Waals surface area contributed by atoms with Crippen molar-refractivity contribution in [3.8, 4) is 0 Å². The summed E-state index contributed by atoms with van der Waals surface area (Å²) >= 11 is 0. The van der Waals surface area contributed by atoms with Gasteiger partial charge in [0.1, 0.15) is 5.69 Å². The summed E-state index contributed by atoms with van der Waals surface area (Å²) in [5.74, 6) is -0.598. The first kappa shape index (κ1) is 15.4. The largest absolute Gasteiger partial charge is 0.350 e. The van der Waals surface area contributed by atoms with Crippen LogP contribution in [-0.4, -0.2) is 34.7 Å². The summed E-state index contributed by atoms with van der Waals surface area (Å²) in [6, 6.07) is 11.4. The summed E-state index contributed by atoms with van der Waals surface area (Å²) in [6.45, 7) is 0.563. The van der Waals surface area contributed by atoms with E-state index in [0.29, 0.717) is 12.1 Å². The second-order valence-electron chi connectivity index (χ2n) is 4.56. The van der Waals surface area contributed by atoms with E-state index in [1.54, 1.807) is 24.3 Å². The zero-order valence-electron chi connectivity index (χ0n) is 12.1. The molecule has 2 rings (SSSR count). The molecule has 0 spiro atoms. The highest BCUT2D eigenvalue weighted by Crippen LogP contribution is 1.97. The number of hydrogen-bond acceptors (Lipinski definition) is 4. The summed E-state index contributed by atoms with van der Waals surface area (Å²) in [5, 5.41) is 9.16. The molecule has 0 unspecified atom stereocenters. The maximum atomic E-state index is 11.8. The number of carbonyl (C=O) groups excluding carboxylic acids is 2. The third-order valence-electron chi connectivity index (χ3n) is 2.93. The van der Waals surface area contributed by atoms with E-state index in [1.807, 2.05) is 6.07 Å². The van der Waals surface area contributed by atoms with Gasteiger partial charge in [-0.3, -0.25) is 14.4 Å². The number of aryl methyl sites for hydroxylation is 1. The maximum absolute atomic E-state index is 11.8. The van der Waals surface area contributed by atoms with Crippen LogP contribution in [0.5, 0.6) is 0 Å². The molecule has 1 heterocycles. The van der Waals surface area contributed by atoms with Crippen molar-refractivity contribution in [2.45, 2.75) is 0 Å². The number of aromatic nitrogens is 2. The van der Waals surface area contributed by atoms with E-state index in [1.165, 1.54) is 19.2 Å². The minimum Gasteiger partial charge on any atom is -0.350 e. The molecule has 2 amide bonds. The molecular formula is C15H16N4O3. The van der Waals surface area contributed by atoms with Crippen LogP contribution in [0.1, 0.15) is 20.8 Å². The zero-order chi connectivity index (χ0) is 15.9. The van der Waals surface area contributed by atoms with Gasteiger partial charge in [0, 0.05) is 31.8 Å². The molecule has 0 aliphatic rings. The molecule has 2 N–H and O–H groups in total. The molecule has 0 atom stereocenters. The van der Waals surface area contributed by atoms with Gasteiger partial charge in [-0.25, -0.2) is 4.68 Å². The Labute approximate surface area is 127 Å². The highest BCUT2D eigenvalue weighted by Gasteiger charge is 2.08. The molecule has 0 aliphatic carbocycles. The molecule has 22 heavy (non-hydrogen) atoms. The average Bonchev–Trinajstić information content (AvgIpc) is 2.54. The van der Waals surface area contributed by atoms with Gasteiger partial charge in [-0.1, -0.05) is 18.2 Å². The number of amides is 2. The van der Waals surface area contributed by atoms with Crippen LogP contribution in [-0.2, 0) is 7.05 Å². The second kappa shape index (κ2) is 7.16. The van der Waals surface area contributed by atoms with E-state index < -0.39 is 5.91 Å². The summed E-state index contributed by atoms with van der Waals surface area (Å²) in [7, 11) is 1.47. The van der Waals surface area contributed by atoms with Crippen LogP contribution in [0.2, 0.25) is 0 Å². The van der Waals surface area contributed by atoms with Gasteiger partial charge in [0.2, 0.25) is 0 Å². The predicted octanol–water partition coefficient (Wildman–Crippen LogP) is -0.0599. The van der Waals surface area contributed by atoms with Gasteiger partial charge in [-0.15, -0.1) is 0 Å². The van der Waals surface area contributed by atoms with Gasteiger partial charge in [-0.05, 0) is 18.2 Å². The lowest BCUT2D eigenvalue weighted by Gasteiger charge is -2.07. The lowest BCUT2D eigenvalue weighted by atomic mass is 10.2. The Kier molecular flexibility index (Phi) is 5.02. The molecule has 0 fully saturated rings. The van der Waals surface area contributed by atoms with E-state index in [9.17, 15) is 14.4 Å². The van der Waals surface area contributed by atoms with Gasteiger partial charge in [0.05, 0.1) is 0 Å². The number of nitrogens with one attached hydrogen (secondary N) is 2. The summed E-state index contributed by atoms with van der Waals surface area (Å²) < 4.78 is 1.09. The van der Waals surface area contributed by atoms with Crippen LogP contribution < -0.4 is 16.2 Å². The zero-order valence-corrected chi connectivity index (χ0v) is 12.1. The fraction of sp³-hybridized carbons (Fsp3) is 0.200. The monoisotopic (exact) mass is 300 g/mol. The summed E-state index contributed by atoms with van der Waals surface area (Å²) in [6.07, 6.45) is 0. The molecule has 7 heteroatoms. The van der Waals surface area contributed by atoms with E-state index in [4.69, 9.17) is 0 Å². The minimum atomic E-state index is -0.399. The molecule has 0 saturated carbocycles. The Hall–Kier alpha value is -2.96.